The third kappa shape index (κ3) is 3.55. The van der Waals surface area contributed by atoms with Crippen LogP contribution in [0.1, 0.15) is 53.4 Å². The number of nitrogens with zero attached hydrogens (tertiary/aromatic N) is 1. The highest BCUT2D eigenvalue weighted by atomic mass is 16.4. The molecule has 1 aliphatic carbocycles. The molecule has 2 aliphatic rings. The zero-order chi connectivity index (χ0) is 16.4. The summed E-state index contributed by atoms with van der Waals surface area (Å²) in [5.41, 5.74) is 0. The first-order chi connectivity index (χ1) is 10.3. The lowest BCUT2D eigenvalue weighted by molar-refractivity contribution is -0.142. The normalized spacial score (nSPS) is 32.0. The van der Waals surface area contributed by atoms with E-state index in [0.717, 1.165) is 19.4 Å². The summed E-state index contributed by atoms with van der Waals surface area (Å²) in [7, 11) is 0. The number of amides is 2. The monoisotopic (exact) mass is 310 g/mol. The van der Waals surface area contributed by atoms with Crippen molar-refractivity contribution in [3.8, 4) is 0 Å². The Bertz CT molecular complexity index is 414. The minimum atomic E-state index is -0.702. The van der Waals surface area contributed by atoms with Gasteiger partial charge in [-0.25, -0.2) is 4.79 Å². The molecule has 2 fully saturated rings. The predicted molar refractivity (Wildman–Crippen MR) is 85.6 cm³/mol. The largest absolute Gasteiger partial charge is 0.481 e. The summed E-state index contributed by atoms with van der Waals surface area (Å²) in [4.78, 5) is 25.4. The zero-order valence-corrected chi connectivity index (χ0v) is 14.2. The molecule has 2 N–H and O–H groups in total. The smallest absolute Gasteiger partial charge is 0.317 e. The van der Waals surface area contributed by atoms with Crippen LogP contribution in [0, 0.1) is 23.7 Å². The van der Waals surface area contributed by atoms with Crippen LogP contribution in [-0.4, -0.2) is 40.6 Å². The molecule has 5 nitrogen and oxygen atoms in total. The molecule has 0 spiro atoms. The summed E-state index contributed by atoms with van der Waals surface area (Å²) in [5.74, 6) is 0.726. The second kappa shape index (κ2) is 6.88. The summed E-state index contributed by atoms with van der Waals surface area (Å²) in [6.45, 7) is 9.65. The molecule has 0 radical (unpaired) electrons. The number of carboxylic acids is 1. The third-order valence-corrected chi connectivity index (χ3v) is 5.41. The van der Waals surface area contributed by atoms with Crippen molar-refractivity contribution in [3.63, 3.8) is 0 Å². The van der Waals surface area contributed by atoms with E-state index in [2.05, 4.69) is 33.0 Å². The van der Waals surface area contributed by atoms with Crippen LogP contribution in [0.4, 0.5) is 4.79 Å². The van der Waals surface area contributed by atoms with Crippen molar-refractivity contribution in [1.82, 2.24) is 10.2 Å². The van der Waals surface area contributed by atoms with E-state index in [1.165, 1.54) is 0 Å². The molecule has 2 rings (SSSR count). The molecule has 1 saturated carbocycles. The van der Waals surface area contributed by atoms with Crippen LogP contribution in [0.25, 0.3) is 0 Å². The highest BCUT2D eigenvalue weighted by molar-refractivity contribution is 5.76. The number of carboxylic acid groups (broad SMARTS) is 1. The third-order valence-electron chi connectivity index (χ3n) is 5.41. The molecule has 2 atom stereocenters. The maximum Gasteiger partial charge on any atom is 0.317 e. The van der Waals surface area contributed by atoms with Crippen LogP contribution in [0.5, 0.6) is 0 Å². The first kappa shape index (κ1) is 17.1. The molecule has 22 heavy (non-hydrogen) atoms. The Morgan fingerprint density at radius 2 is 1.64 bits per heavy atom. The van der Waals surface area contributed by atoms with Gasteiger partial charge in [-0.1, -0.05) is 27.7 Å². The fourth-order valence-electron chi connectivity index (χ4n) is 3.97. The van der Waals surface area contributed by atoms with Crippen molar-refractivity contribution < 1.29 is 14.7 Å². The van der Waals surface area contributed by atoms with Gasteiger partial charge in [0.15, 0.2) is 0 Å². The Balaban J connectivity index is 1.84. The van der Waals surface area contributed by atoms with Gasteiger partial charge in [-0.3, -0.25) is 4.79 Å². The lowest BCUT2D eigenvalue weighted by Crippen LogP contribution is -2.65. The summed E-state index contributed by atoms with van der Waals surface area (Å²) in [6, 6.07) is 0.499. The summed E-state index contributed by atoms with van der Waals surface area (Å²) >= 11 is 0. The van der Waals surface area contributed by atoms with Gasteiger partial charge in [-0.2, -0.15) is 0 Å². The fraction of sp³-hybridized carbons (Fsp3) is 0.882. The molecule has 0 aromatic heterocycles. The van der Waals surface area contributed by atoms with Gasteiger partial charge in [0.25, 0.3) is 0 Å². The number of nitrogens with one attached hydrogen (secondary N) is 1. The molecule has 2 unspecified atom stereocenters. The number of likely N-dealkylation sites (tertiary alicyclic amines) is 1. The van der Waals surface area contributed by atoms with Crippen molar-refractivity contribution in [3.05, 3.63) is 0 Å². The molecular formula is C17H30N2O3. The lowest BCUT2D eigenvalue weighted by atomic mass is 9.75. The number of aliphatic carboxylic acids is 1. The van der Waals surface area contributed by atoms with E-state index in [1.807, 2.05) is 4.90 Å². The molecule has 0 aromatic carbocycles. The van der Waals surface area contributed by atoms with Gasteiger partial charge in [0.05, 0.1) is 5.92 Å². The number of urea groups is 1. The van der Waals surface area contributed by atoms with Gasteiger partial charge < -0.3 is 15.3 Å². The average Bonchev–Trinajstić information content (AvgIpc) is 2.36. The molecule has 1 saturated heterocycles. The predicted octanol–water partition coefficient (Wildman–Crippen LogP) is 2.95. The quantitative estimate of drug-likeness (QED) is 0.838. The first-order valence-electron chi connectivity index (χ1n) is 8.61. The Labute approximate surface area is 133 Å². The van der Waals surface area contributed by atoms with Crippen LogP contribution in [-0.2, 0) is 4.79 Å². The highest BCUT2D eigenvalue weighted by Crippen LogP contribution is 2.36. The summed E-state index contributed by atoms with van der Waals surface area (Å²) in [5, 5.41) is 12.1. The van der Waals surface area contributed by atoms with E-state index in [1.54, 1.807) is 0 Å². The molecule has 2 amide bonds. The van der Waals surface area contributed by atoms with Crippen molar-refractivity contribution in [2.45, 2.75) is 65.5 Å². The van der Waals surface area contributed by atoms with E-state index < -0.39 is 5.97 Å². The minimum Gasteiger partial charge on any atom is -0.481 e. The van der Waals surface area contributed by atoms with Crippen molar-refractivity contribution in [2.75, 3.05) is 6.54 Å². The van der Waals surface area contributed by atoms with Gasteiger partial charge >= 0.3 is 12.0 Å². The maximum absolute atomic E-state index is 12.5. The minimum absolute atomic E-state index is 0.0365. The van der Waals surface area contributed by atoms with Crippen LogP contribution >= 0.6 is 0 Å². The van der Waals surface area contributed by atoms with Gasteiger partial charge in [0.1, 0.15) is 0 Å². The standard InChI is InChI=1S/C17H30N2O3/c1-10(2)14-9-19(15(14)11(3)4)17(22)18-13-7-5-12(6-8-13)16(20)21/h10-15H,5-9H2,1-4H3,(H,18,22)(H,20,21). The number of hydrogen-bond acceptors (Lipinski definition) is 2. The average molecular weight is 310 g/mol. The van der Waals surface area contributed by atoms with Gasteiger partial charge in [0.2, 0.25) is 0 Å². The molecule has 126 valence electrons. The maximum atomic E-state index is 12.5. The van der Waals surface area contributed by atoms with E-state index >= 15 is 0 Å². The Hall–Kier alpha value is -1.26. The number of rotatable bonds is 4. The number of carbonyl (C=O) groups is 2. The first-order valence-corrected chi connectivity index (χ1v) is 8.61. The Kier molecular flexibility index (Phi) is 5.35. The molecular weight excluding hydrogens is 280 g/mol. The van der Waals surface area contributed by atoms with Gasteiger partial charge in [-0.15, -0.1) is 0 Å². The number of carbonyl (C=O) groups excluding carboxylic acids is 1. The van der Waals surface area contributed by atoms with Crippen LogP contribution in [0.15, 0.2) is 0 Å². The number of hydrogen-bond donors (Lipinski definition) is 2. The van der Waals surface area contributed by atoms with Gasteiger partial charge in [-0.05, 0) is 43.4 Å². The molecule has 1 aliphatic heterocycles. The molecule has 0 aromatic rings. The van der Waals surface area contributed by atoms with Crippen LogP contribution in [0.2, 0.25) is 0 Å². The molecule has 1 heterocycles. The SMILES string of the molecule is CC(C)C1CN(C(=O)NC2CCC(C(=O)O)CC2)C1C(C)C. The van der Waals surface area contributed by atoms with Crippen LogP contribution < -0.4 is 5.32 Å². The van der Waals surface area contributed by atoms with E-state index in [9.17, 15) is 9.59 Å². The zero-order valence-electron chi connectivity index (χ0n) is 14.2. The summed E-state index contributed by atoms with van der Waals surface area (Å²) < 4.78 is 0. The van der Waals surface area contributed by atoms with E-state index in [-0.39, 0.29) is 18.0 Å². The van der Waals surface area contributed by atoms with E-state index in [4.69, 9.17) is 5.11 Å². The van der Waals surface area contributed by atoms with Crippen molar-refractivity contribution in [1.29, 1.82) is 0 Å². The topological polar surface area (TPSA) is 69.6 Å². The Morgan fingerprint density at radius 1 is 1.05 bits per heavy atom. The van der Waals surface area contributed by atoms with E-state index in [0.29, 0.717) is 36.6 Å². The second-order valence-electron chi connectivity index (χ2n) is 7.63. The lowest BCUT2D eigenvalue weighted by Gasteiger charge is -2.52. The Morgan fingerprint density at radius 3 is 2.09 bits per heavy atom. The van der Waals surface area contributed by atoms with Crippen molar-refractivity contribution >= 4 is 12.0 Å². The fourth-order valence-corrected chi connectivity index (χ4v) is 3.97. The molecule has 5 heteroatoms. The van der Waals surface area contributed by atoms with Gasteiger partial charge in [0, 0.05) is 18.6 Å². The summed E-state index contributed by atoms with van der Waals surface area (Å²) in [6.07, 6.45) is 2.89. The second-order valence-corrected chi connectivity index (χ2v) is 7.63. The van der Waals surface area contributed by atoms with Crippen molar-refractivity contribution in [2.24, 2.45) is 23.7 Å². The highest BCUT2D eigenvalue weighted by Gasteiger charge is 2.45. The molecule has 0 bridgehead atoms. The van der Waals surface area contributed by atoms with Crippen LogP contribution in [0.3, 0.4) is 0 Å².